The van der Waals surface area contributed by atoms with Crippen LogP contribution in [0.3, 0.4) is 0 Å². The average Bonchev–Trinajstić information content (AvgIpc) is 3.01. The summed E-state index contributed by atoms with van der Waals surface area (Å²) in [4.78, 5) is 64.9. The first-order valence-electron chi connectivity index (χ1n) is 10.3. The number of rotatable bonds is 6. The number of nitrogens with one attached hydrogen (secondary N) is 4. The van der Waals surface area contributed by atoms with Crippen LogP contribution in [0.15, 0.2) is 4.99 Å². The molecule has 1 aliphatic heterocycles. The van der Waals surface area contributed by atoms with Crippen LogP contribution >= 0.6 is 0 Å². The smallest absolute Gasteiger partial charge is 0.305 e. The molecule has 0 aromatic carbocycles. The van der Waals surface area contributed by atoms with E-state index in [9.17, 15) is 34.2 Å². The number of carboxylic acid groups (broad SMARTS) is 1. The molecule has 2 rings (SSSR count). The summed E-state index contributed by atoms with van der Waals surface area (Å²) in [6, 6.07) is -3.67. The van der Waals surface area contributed by atoms with Crippen LogP contribution < -0.4 is 32.7 Å². The van der Waals surface area contributed by atoms with Crippen molar-refractivity contribution in [2.24, 2.45) is 22.4 Å². The zero-order valence-electron chi connectivity index (χ0n) is 17.7. The molecule has 11 N–H and O–H groups in total. The summed E-state index contributed by atoms with van der Waals surface area (Å²) >= 11 is 0. The molecular formula is C18H29N7O8. The molecule has 0 unspecified atom stereocenters. The maximum absolute atomic E-state index is 12.8. The van der Waals surface area contributed by atoms with E-state index in [2.05, 4.69) is 26.3 Å². The number of amides is 4. The Bertz CT molecular complexity index is 816. The van der Waals surface area contributed by atoms with Crippen LogP contribution in [0.1, 0.15) is 25.7 Å². The number of aliphatic hydroxyl groups is 2. The number of aliphatic carboxylic acids is 1. The first kappa shape index (κ1) is 25.8. The molecule has 2 aliphatic rings. The lowest BCUT2D eigenvalue weighted by Crippen LogP contribution is -2.55. The first-order chi connectivity index (χ1) is 15.5. The van der Waals surface area contributed by atoms with Gasteiger partial charge in [0.15, 0.2) is 5.96 Å². The van der Waals surface area contributed by atoms with Gasteiger partial charge in [-0.25, -0.2) is 0 Å². The molecule has 184 valence electrons. The number of aliphatic imine (C=N–C) groups is 1. The van der Waals surface area contributed by atoms with Crippen molar-refractivity contribution >= 4 is 35.6 Å². The van der Waals surface area contributed by atoms with Crippen LogP contribution in [-0.4, -0.2) is 94.3 Å². The molecule has 1 aliphatic carbocycles. The highest BCUT2D eigenvalue weighted by molar-refractivity contribution is 5.94. The van der Waals surface area contributed by atoms with Crippen molar-refractivity contribution in [3.05, 3.63) is 0 Å². The van der Waals surface area contributed by atoms with Gasteiger partial charge in [-0.05, 0) is 19.3 Å². The van der Waals surface area contributed by atoms with Gasteiger partial charge in [0.05, 0.1) is 31.0 Å². The molecule has 15 nitrogen and oxygen atoms in total. The predicted molar refractivity (Wildman–Crippen MR) is 111 cm³/mol. The Labute approximate surface area is 188 Å². The minimum Gasteiger partial charge on any atom is -0.481 e. The van der Waals surface area contributed by atoms with E-state index in [4.69, 9.17) is 16.6 Å². The summed E-state index contributed by atoms with van der Waals surface area (Å²) in [7, 11) is 0. The van der Waals surface area contributed by atoms with Crippen molar-refractivity contribution in [2.45, 2.75) is 56.0 Å². The number of fused-ring (bicyclic) bond motifs is 2. The Balaban J connectivity index is 2.24. The Hall–Kier alpha value is -3.46. The van der Waals surface area contributed by atoms with Crippen LogP contribution in [0.4, 0.5) is 0 Å². The molecule has 0 radical (unpaired) electrons. The van der Waals surface area contributed by atoms with Gasteiger partial charge in [-0.3, -0.25) is 29.0 Å². The van der Waals surface area contributed by atoms with E-state index in [0.29, 0.717) is 6.42 Å². The third kappa shape index (κ3) is 7.28. The number of carbonyl (C=O) groups excluding carboxylic acids is 4. The zero-order chi connectivity index (χ0) is 24.7. The summed E-state index contributed by atoms with van der Waals surface area (Å²) in [5.74, 6) is -5.85. The summed E-state index contributed by atoms with van der Waals surface area (Å²) in [6.45, 7) is -0.404. The second kappa shape index (κ2) is 11.4. The van der Waals surface area contributed by atoms with Crippen molar-refractivity contribution < 1.29 is 39.3 Å². The van der Waals surface area contributed by atoms with Gasteiger partial charge >= 0.3 is 5.97 Å². The molecule has 33 heavy (non-hydrogen) atoms. The molecule has 1 saturated heterocycles. The molecular weight excluding hydrogens is 442 g/mol. The fourth-order valence-electron chi connectivity index (χ4n) is 3.69. The number of hydrogen-bond donors (Lipinski definition) is 9. The SMILES string of the molecule is NC(N)=NCCC[C@@H]1NC(=O)[C@H]2C[C@@H](NC(=O)[C@H](CC(=O)O)NC(=O)CNC1=O)[C@H](O)[C@@H]2O. The van der Waals surface area contributed by atoms with Crippen molar-refractivity contribution in [1.82, 2.24) is 21.3 Å². The van der Waals surface area contributed by atoms with Crippen LogP contribution in [0.2, 0.25) is 0 Å². The lowest BCUT2D eigenvalue weighted by molar-refractivity contribution is -0.141. The van der Waals surface area contributed by atoms with Gasteiger partial charge in [-0.2, -0.15) is 0 Å². The van der Waals surface area contributed by atoms with Crippen LogP contribution in [0, 0.1) is 5.92 Å². The number of aliphatic hydroxyl groups excluding tert-OH is 2. The lowest BCUT2D eigenvalue weighted by atomic mass is 10.0. The molecule has 0 aromatic rings. The normalized spacial score (nSPS) is 30.8. The lowest BCUT2D eigenvalue weighted by Gasteiger charge is -2.23. The van der Waals surface area contributed by atoms with Crippen molar-refractivity contribution in [1.29, 1.82) is 0 Å². The van der Waals surface area contributed by atoms with Gasteiger partial charge in [0.1, 0.15) is 18.2 Å². The summed E-state index contributed by atoms with van der Waals surface area (Å²) in [6.07, 6.45) is -3.59. The third-order valence-electron chi connectivity index (χ3n) is 5.38. The molecule has 1 heterocycles. The fraction of sp³-hybridized carbons (Fsp3) is 0.667. The van der Waals surface area contributed by atoms with Crippen LogP contribution in [0.25, 0.3) is 0 Å². The predicted octanol–water partition coefficient (Wildman–Crippen LogP) is -5.16. The number of hydrogen-bond acceptors (Lipinski definition) is 8. The highest BCUT2D eigenvalue weighted by Crippen LogP contribution is 2.27. The topological polar surface area (TPSA) is 259 Å². The average molecular weight is 471 g/mol. The minimum atomic E-state index is -1.54. The van der Waals surface area contributed by atoms with Gasteiger partial charge in [-0.15, -0.1) is 0 Å². The number of nitrogens with zero attached hydrogens (tertiary/aromatic N) is 1. The van der Waals surface area contributed by atoms with Crippen molar-refractivity contribution in [2.75, 3.05) is 13.1 Å². The monoisotopic (exact) mass is 471 g/mol. The van der Waals surface area contributed by atoms with Gasteiger partial charge in [0.25, 0.3) is 0 Å². The molecule has 0 aromatic heterocycles. The first-order valence-corrected chi connectivity index (χ1v) is 10.3. The van der Waals surface area contributed by atoms with E-state index in [0.717, 1.165) is 0 Å². The summed E-state index contributed by atoms with van der Waals surface area (Å²) < 4.78 is 0. The molecule has 1 saturated carbocycles. The molecule has 0 spiro atoms. The zero-order valence-corrected chi connectivity index (χ0v) is 17.7. The Morgan fingerprint density at radius 1 is 0.970 bits per heavy atom. The highest BCUT2D eigenvalue weighted by atomic mass is 16.4. The summed E-state index contributed by atoms with van der Waals surface area (Å²) in [5.41, 5.74) is 10.5. The molecule has 4 amide bonds. The van der Waals surface area contributed by atoms with Gasteiger partial charge in [0, 0.05) is 6.54 Å². The number of nitrogens with two attached hydrogens (primary N) is 2. The molecule has 2 bridgehead atoms. The fourth-order valence-corrected chi connectivity index (χ4v) is 3.69. The summed E-state index contributed by atoms with van der Waals surface area (Å²) in [5, 5.41) is 39.1. The quantitative estimate of drug-likeness (QED) is 0.101. The Morgan fingerprint density at radius 2 is 1.67 bits per heavy atom. The highest BCUT2D eigenvalue weighted by Gasteiger charge is 2.46. The number of guanidine groups is 1. The van der Waals surface area contributed by atoms with Crippen LogP contribution in [-0.2, 0) is 24.0 Å². The Morgan fingerprint density at radius 3 is 2.30 bits per heavy atom. The second-order valence-corrected chi connectivity index (χ2v) is 7.88. The molecule has 2 fully saturated rings. The second-order valence-electron chi connectivity index (χ2n) is 7.88. The minimum absolute atomic E-state index is 0.100. The van der Waals surface area contributed by atoms with E-state index in [1.165, 1.54) is 0 Å². The van der Waals surface area contributed by atoms with Gasteiger partial charge < -0.3 is 48.1 Å². The largest absolute Gasteiger partial charge is 0.481 e. The Kier molecular flexibility index (Phi) is 8.93. The standard InChI is InChI=1S/C18H29N7O8/c19-18(20)21-3-1-2-8-16(32)22-6-11(26)23-10(5-12(27)28)17(33)25-9-4-7(15(31)24-8)13(29)14(9)30/h7-10,13-14,29-30H,1-6H2,(H,22,32)(H,23,26)(H,24,31)(H,25,33)(H,27,28)(H4,19,20,21)/t7-,8-,9+,10-,13+,14-/m0/s1. The van der Waals surface area contributed by atoms with Crippen LogP contribution in [0.5, 0.6) is 0 Å². The third-order valence-corrected chi connectivity index (χ3v) is 5.38. The maximum Gasteiger partial charge on any atom is 0.305 e. The van der Waals surface area contributed by atoms with E-state index in [1.54, 1.807) is 0 Å². The van der Waals surface area contributed by atoms with E-state index >= 15 is 0 Å². The maximum atomic E-state index is 12.8. The van der Waals surface area contributed by atoms with E-state index in [1.807, 2.05) is 0 Å². The van der Waals surface area contributed by atoms with Crippen molar-refractivity contribution in [3.8, 4) is 0 Å². The number of carboxylic acids is 1. The van der Waals surface area contributed by atoms with Gasteiger partial charge in [0.2, 0.25) is 23.6 Å². The van der Waals surface area contributed by atoms with Gasteiger partial charge in [-0.1, -0.05) is 0 Å². The van der Waals surface area contributed by atoms with E-state index < -0.39 is 78.8 Å². The number of carbonyl (C=O) groups is 5. The molecule has 15 heteroatoms. The van der Waals surface area contributed by atoms with E-state index in [-0.39, 0.29) is 25.3 Å². The molecule has 6 atom stereocenters. The van der Waals surface area contributed by atoms with Crippen molar-refractivity contribution in [3.63, 3.8) is 0 Å².